The number of nitrogens with one attached hydrogen (secondary N) is 1. The summed E-state index contributed by atoms with van der Waals surface area (Å²) < 4.78 is 3.98. The minimum absolute atomic E-state index is 0.279. The van der Waals surface area contributed by atoms with Gasteiger partial charge < -0.3 is 5.73 Å². The summed E-state index contributed by atoms with van der Waals surface area (Å²) in [4.78, 5) is 20.0. The number of amides is 1. The van der Waals surface area contributed by atoms with Gasteiger partial charge in [-0.05, 0) is 19.9 Å². The molecule has 0 aliphatic carbocycles. The van der Waals surface area contributed by atoms with Crippen LogP contribution in [0.3, 0.4) is 0 Å². The molecule has 0 saturated heterocycles. The molecule has 0 spiro atoms. The Morgan fingerprint density at radius 2 is 2.24 bits per heavy atom. The van der Waals surface area contributed by atoms with Crippen LogP contribution in [0.4, 0.5) is 10.8 Å². The van der Waals surface area contributed by atoms with Gasteiger partial charge in [0.15, 0.2) is 0 Å². The van der Waals surface area contributed by atoms with Crippen molar-refractivity contribution in [2.45, 2.75) is 13.8 Å². The van der Waals surface area contributed by atoms with E-state index in [1.165, 1.54) is 6.20 Å². The first-order chi connectivity index (χ1) is 8.06. The zero-order valence-corrected chi connectivity index (χ0v) is 10.2. The van der Waals surface area contributed by atoms with Crippen molar-refractivity contribution in [2.75, 3.05) is 11.1 Å². The van der Waals surface area contributed by atoms with Crippen molar-refractivity contribution < 1.29 is 4.79 Å². The molecule has 2 aromatic rings. The highest BCUT2D eigenvalue weighted by molar-refractivity contribution is 7.09. The van der Waals surface area contributed by atoms with Gasteiger partial charge in [-0.15, -0.1) is 0 Å². The molecule has 0 saturated carbocycles. The smallest absolute Gasteiger partial charge is 0.259 e. The van der Waals surface area contributed by atoms with Crippen LogP contribution >= 0.6 is 11.5 Å². The van der Waals surface area contributed by atoms with E-state index < -0.39 is 0 Å². The molecule has 17 heavy (non-hydrogen) atoms. The van der Waals surface area contributed by atoms with Crippen LogP contribution in [-0.4, -0.2) is 20.2 Å². The van der Waals surface area contributed by atoms with Crippen LogP contribution in [0.2, 0.25) is 0 Å². The molecule has 0 aromatic carbocycles. The number of carbonyl (C=O) groups is 1. The van der Waals surface area contributed by atoms with Crippen LogP contribution in [0.25, 0.3) is 0 Å². The van der Waals surface area contributed by atoms with Crippen molar-refractivity contribution >= 4 is 28.3 Å². The highest BCUT2D eigenvalue weighted by atomic mass is 32.1. The first kappa shape index (κ1) is 11.5. The molecule has 0 radical (unpaired) electrons. The summed E-state index contributed by atoms with van der Waals surface area (Å²) in [6, 6.07) is 1.59. The summed E-state index contributed by atoms with van der Waals surface area (Å²) in [6.45, 7) is 3.51. The Hall–Kier alpha value is -2.02. The summed E-state index contributed by atoms with van der Waals surface area (Å²) in [5, 5.41) is 3.12. The van der Waals surface area contributed by atoms with E-state index in [1.54, 1.807) is 19.9 Å². The fraction of sp³-hybridized carbons (Fsp3) is 0.200. The van der Waals surface area contributed by atoms with Gasteiger partial charge in [-0.1, -0.05) is 0 Å². The average molecular weight is 249 g/mol. The number of aromatic nitrogens is 3. The lowest BCUT2D eigenvalue weighted by Gasteiger charge is -2.04. The fourth-order valence-electron chi connectivity index (χ4n) is 1.29. The number of nitrogens with zero attached hydrogens (tertiary/aromatic N) is 3. The zero-order valence-electron chi connectivity index (χ0n) is 9.39. The fourth-order valence-corrected chi connectivity index (χ4v) is 1.86. The van der Waals surface area contributed by atoms with Crippen LogP contribution in [0, 0.1) is 13.8 Å². The number of hydrogen-bond acceptors (Lipinski definition) is 6. The molecule has 2 heterocycles. The van der Waals surface area contributed by atoms with Gasteiger partial charge in [0.25, 0.3) is 5.91 Å². The second-order valence-electron chi connectivity index (χ2n) is 3.50. The lowest BCUT2D eigenvalue weighted by atomic mass is 10.2. The van der Waals surface area contributed by atoms with E-state index in [-0.39, 0.29) is 5.91 Å². The minimum atomic E-state index is -0.279. The molecular weight excluding hydrogens is 238 g/mol. The predicted octanol–water partition coefficient (Wildman–Crippen LogP) is 1.38. The minimum Gasteiger partial charge on any atom is -0.397 e. The van der Waals surface area contributed by atoms with Crippen molar-refractivity contribution in [3.8, 4) is 0 Å². The Morgan fingerprint density at radius 3 is 2.88 bits per heavy atom. The number of rotatable bonds is 2. The highest BCUT2D eigenvalue weighted by Gasteiger charge is 2.12. The van der Waals surface area contributed by atoms with E-state index in [2.05, 4.69) is 19.7 Å². The molecule has 0 aliphatic rings. The summed E-state index contributed by atoms with van der Waals surface area (Å²) in [6.07, 6.45) is 1.52. The third-order valence-electron chi connectivity index (χ3n) is 2.10. The monoisotopic (exact) mass is 249 g/mol. The number of pyridine rings is 1. The largest absolute Gasteiger partial charge is 0.397 e. The molecule has 3 N–H and O–H groups in total. The van der Waals surface area contributed by atoms with Gasteiger partial charge in [-0.3, -0.25) is 15.1 Å². The number of aryl methyl sites for hydroxylation is 2. The van der Waals surface area contributed by atoms with Gasteiger partial charge in [-0.2, -0.15) is 4.37 Å². The van der Waals surface area contributed by atoms with Gasteiger partial charge in [0.1, 0.15) is 5.82 Å². The Balaban J connectivity index is 2.22. The molecule has 7 heteroatoms. The lowest BCUT2D eigenvalue weighted by molar-refractivity contribution is 0.102. The molecule has 0 bridgehead atoms. The molecule has 2 rings (SSSR count). The first-order valence-corrected chi connectivity index (χ1v) is 5.67. The first-order valence-electron chi connectivity index (χ1n) is 4.90. The van der Waals surface area contributed by atoms with E-state index in [0.29, 0.717) is 27.9 Å². The lowest BCUT2D eigenvalue weighted by Crippen LogP contribution is -2.14. The summed E-state index contributed by atoms with van der Waals surface area (Å²) >= 11 is 1.14. The van der Waals surface area contributed by atoms with Crippen LogP contribution in [0.15, 0.2) is 12.3 Å². The van der Waals surface area contributed by atoms with Crippen molar-refractivity contribution in [1.29, 1.82) is 0 Å². The Morgan fingerprint density at radius 1 is 1.47 bits per heavy atom. The Bertz CT molecular complexity index is 566. The maximum atomic E-state index is 11.9. The molecule has 2 aromatic heterocycles. The van der Waals surface area contributed by atoms with Gasteiger partial charge in [0.2, 0.25) is 5.13 Å². The van der Waals surface area contributed by atoms with Crippen molar-refractivity contribution in [3.63, 3.8) is 0 Å². The van der Waals surface area contributed by atoms with Gasteiger partial charge in [0.05, 0.1) is 23.1 Å². The third kappa shape index (κ3) is 2.56. The van der Waals surface area contributed by atoms with Gasteiger partial charge in [0, 0.05) is 11.5 Å². The predicted molar refractivity (Wildman–Crippen MR) is 66.0 cm³/mol. The molecule has 6 nitrogen and oxygen atoms in total. The topological polar surface area (TPSA) is 93.8 Å². The summed E-state index contributed by atoms with van der Waals surface area (Å²) in [7, 11) is 0. The molecule has 0 fully saturated rings. The van der Waals surface area contributed by atoms with Crippen LogP contribution in [0.1, 0.15) is 21.9 Å². The Kier molecular flexibility index (Phi) is 3.01. The quantitative estimate of drug-likeness (QED) is 0.838. The highest BCUT2D eigenvalue weighted by Crippen LogP contribution is 2.14. The van der Waals surface area contributed by atoms with E-state index in [9.17, 15) is 4.79 Å². The number of carbonyl (C=O) groups excluding carboxylic acids is 1. The van der Waals surface area contributed by atoms with Gasteiger partial charge >= 0.3 is 0 Å². The molecule has 0 aliphatic heterocycles. The van der Waals surface area contributed by atoms with Crippen LogP contribution < -0.4 is 11.1 Å². The number of nitrogen functional groups attached to an aromatic ring is 1. The van der Waals surface area contributed by atoms with Crippen molar-refractivity contribution in [2.24, 2.45) is 0 Å². The summed E-state index contributed by atoms with van der Waals surface area (Å²) in [5.41, 5.74) is 7.11. The maximum Gasteiger partial charge on any atom is 0.259 e. The standard InChI is InChI=1S/C10H11N5OS/c1-5-8(3-7(11)4-12-5)9(16)14-10-13-6(2)15-17-10/h3-4H,11H2,1-2H3,(H,13,14,15,16). The molecule has 88 valence electrons. The van der Waals surface area contributed by atoms with E-state index in [1.807, 2.05) is 0 Å². The number of nitrogens with two attached hydrogens (primary N) is 1. The van der Waals surface area contributed by atoms with Crippen LogP contribution in [0.5, 0.6) is 0 Å². The van der Waals surface area contributed by atoms with Crippen molar-refractivity contribution in [1.82, 2.24) is 14.3 Å². The number of anilines is 2. The second-order valence-corrected chi connectivity index (χ2v) is 4.25. The van der Waals surface area contributed by atoms with E-state index >= 15 is 0 Å². The average Bonchev–Trinajstić information content (AvgIpc) is 2.67. The third-order valence-corrected chi connectivity index (χ3v) is 2.82. The van der Waals surface area contributed by atoms with Gasteiger partial charge in [-0.25, -0.2) is 4.98 Å². The molecular formula is C10H11N5OS. The van der Waals surface area contributed by atoms with Crippen LogP contribution in [-0.2, 0) is 0 Å². The van der Waals surface area contributed by atoms with E-state index in [4.69, 9.17) is 5.73 Å². The Labute approximate surface area is 102 Å². The zero-order chi connectivity index (χ0) is 12.4. The SMILES string of the molecule is Cc1nsc(NC(=O)c2cc(N)cnc2C)n1. The summed E-state index contributed by atoms with van der Waals surface area (Å²) in [5.74, 6) is 0.353. The second kappa shape index (κ2) is 4.46. The molecule has 0 unspecified atom stereocenters. The normalized spacial score (nSPS) is 10.2. The van der Waals surface area contributed by atoms with Crippen molar-refractivity contribution in [3.05, 3.63) is 29.3 Å². The maximum absolute atomic E-state index is 11.9. The molecule has 0 atom stereocenters. The molecule has 1 amide bonds. The van der Waals surface area contributed by atoms with E-state index in [0.717, 1.165) is 11.5 Å². The number of hydrogen-bond donors (Lipinski definition) is 2.